The fourth-order valence-corrected chi connectivity index (χ4v) is 3.88. The van der Waals surface area contributed by atoms with E-state index in [0.717, 1.165) is 33.5 Å². The molecule has 0 amide bonds. The molecule has 0 unspecified atom stereocenters. The van der Waals surface area contributed by atoms with Crippen molar-refractivity contribution >= 4 is 33.9 Å². The number of aromatic nitrogens is 1. The van der Waals surface area contributed by atoms with Crippen LogP contribution < -0.4 is 15.6 Å². The van der Waals surface area contributed by atoms with E-state index in [2.05, 4.69) is 22.4 Å². The van der Waals surface area contributed by atoms with Crippen molar-refractivity contribution in [2.75, 3.05) is 12.4 Å². The maximum atomic E-state index is 12.9. The highest BCUT2D eigenvalue weighted by Crippen LogP contribution is 2.19. The lowest BCUT2D eigenvalue weighted by atomic mass is 10.1. The number of H-pyrrole nitrogens is 1. The van der Waals surface area contributed by atoms with Gasteiger partial charge >= 0.3 is 0 Å². The zero-order chi connectivity index (χ0) is 22.5. The van der Waals surface area contributed by atoms with Crippen molar-refractivity contribution in [3.63, 3.8) is 0 Å². The molecule has 0 bridgehead atoms. The second-order valence-corrected chi connectivity index (χ2v) is 8.05. The molecule has 0 aliphatic carbocycles. The van der Waals surface area contributed by atoms with Crippen LogP contribution in [0.5, 0.6) is 5.75 Å². The summed E-state index contributed by atoms with van der Waals surface area (Å²) in [4.78, 5) is 17.9. The Balaban J connectivity index is 1.63. The van der Waals surface area contributed by atoms with Gasteiger partial charge < -0.3 is 19.9 Å². The first kappa shape index (κ1) is 21.6. The predicted octanol–water partition coefficient (Wildman–Crippen LogP) is 5.24. The quantitative estimate of drug-likeness (QED) is 0.399. The lowest BCUT2D eigenvalue weighted by molar-refractivity contribution is 0.411. The van der Waals surface area contributed by atoms with Crippen molar-refractivity contribution in [2.24, 2.45) is 0 Å². The molecule has 0 atom stereocenters. The van der Waals surface area contributed by atoms with Crippen molar-refractivity contribution in [1.82, 2.24) is 9.88 Å². The van der Waals surface area contributed by atoms with Crippen LogP contribution in [0.4, 0.5) is 5.69 Å². The van der Waals surface area contributed by atoms with E-state index in [9.17, 15) is 4.79 Å². The number of rotatable bonds is 6. The van der Waals surface area contributed by atoms with Crippen molar-refractivity contribution in [2.45, 2.75) is 20.0 Å². The van der Waals surface area contributed by atoms with Crippen molar-refractivity contribution < 1.29 is 4.74 Å². The average Bonchev–Trinajstić information content (AvgIpc) is 2.81. The number of fused-ring (bicyclic) bond motifs is 1. The van der Waals surface area contributed by atoms with Gasteiger partial charge in [-0.25, -0.2) is 0 Å². The van der Waals surface area contributed by atoms with Crippen LogP contribution in [0.15, 0.2) is 83.7 Å². The van der Waals surface area contributed by atoms with Gasteiger partial charge in [-0.2, -0.15) is 0 Å². The molecular formula is C26H25N3O2S. The molecule has 0 saturated carbocycles. The molecule has 0 fully saturated rings. The second-order valence-electron chi connectivity index (χ2n) is 7.66. The molecule has 162 valence electrons. The zero-order valence-corrected chi connectivity index (χ0v) is 18.9. The molecule has 0 saturated heterocycles. The summed E-state index contributed by atoms with van der Waals surface area (Å²) >= 11 is 5.75. The highest BCUT2D eigenvalue weighted by molar-refractivity contribution is 7.80. The van der Waals surface area contributed by atoms with E-state index in [4.69, 9.17) is 17.0 Å². The zero-order valence-electron chi connectivity index (χ0n) is 18.1. The van der Waals surface area contributed by atoms with Crippen LogP contribution in [-0.4, -0.2) is 22.1 Å². The third-order valence-electron chi connectivity index (χ3n) is 5.37. The van der Waals surface area contributed by atoms with Crippen LogP contribution in [0.25, 0.3) is 10.9 Å². The molecule has 4 aromatic rings. The van der Waals surface area contributed by atoms with Crippen LogP contribution in [0, 0.1) is 6.92 Å². The monoisotopic (exact) mass is 443 g/mol. The molecule has 6 heteroatoms. The number of hydrogen-bond acceptors (Lipinski definition) is 3. The Bertz CT molecular complexity index is 1280. The molecule has 5 nitrogen and oxygen atoms in total. The number of anilines is 1. The Morgan fingerprint density at radius 3 is 2.47 bits per heavy atom. The molecule has 2 N–H and O–H groups in total. The minimum absolute atomic E-state index is 0.0999. The van der Waals surface area contributed by atoms with Crippen molar-refractivity contribution in [3.05, 3.63) is 106 Å². The van der Waals surface area contributed by atoms with Crippen LogP contribution in [0.1, 0.15) is 16.7 Å². The first-order valence-corrected chi connectivity index (χ1v) is 10.8. The first-order chi connectivity index (χ1) is 15.5. The summed E-state index contributed by atoms with van der Waals surface area (Å²) in [6, 6.07) is 25.6. The number of hydrogen-bond donors (Lipinski definition) is 2. The van der Waals surface area contributed by atoms with Gasteiger partial charge in [0.05, 0.1) is 19.2 Å². The number of ether oxygens (including phenoxy) is 1. The number of nitrogens with one attached hydrogen (secondary N) is 2. The van der Waals surface area contributed by atoms with Gasteiger partial charge in [0.2, 0.25) is 0 Å². The number of aromatic amines is 1. The van der Waals surface area contributed by atoms with E-state index >= 15 is 0 Å². The van der Waals surface area contributed by atoms with Crippen LogP contribution in [-0.2, 0) is 13.1 Å². The molecule has 3 aromatic carbocycles. The third kappa shape index (κ3) is 4.98. The molecule has 32 heavy (non-hydrogen) atoms. The van der Waals surface area contributed by atoms with Gasteiger partial charge in [0.25, 0.3) is 5.56 Å². The van der Waals surface area contributed by atoms with E-state index in [1.807, 2.05) is 78.6 Å². The van der Waals surface area contributed by atoms with Gasteiger partial charge in [-0.15, -0.1) is 0 Å². The van der Waals surface area contributed by atoms with Crippen LogP contribution in [0.3, 0.4) is 0 Å². The minimum atomic E-state index is -0.0999. The lowest BCUT2D eigenvalue weighted by Gasteiger charge is -2.26. The van der Waals surface area contributed by atoms with E-state index in [0.29, 0.717) is 23.8 Å². The van der Waals surface area contributed by atoms with Crippen molar-refractivity contribution in [1.29, 1.82) is 0 Å². The number of para-hydroxylation sites is 1. The Kier molecular flexibility index (Phi) is 6.52. The molecule has 0 radical (unpaired) electrons. The molecule has 1 heterocycles. The summed E-state index contributed by atoms with van der Waals surface area (Å²) in [5.41, 5.74) is 4.45. The second kappa shape index (κ2) is 9.66. The van der Waals surface area contributed by atoms with Crippen molar-refractivity contribution in [3.8, 4) is 5.75 Å². The van der Waals surface area contributed by atoms with E-state index in [-0.39, 0.29) is 5.56 Å². The van der Waals surface area contributed by atoms with E-state index in [1.165, 1.54) is 0 Å². The summed E-state index contributed by atoms with van der Waals surface area (Å²) < 4.78 is 5.23. The Morgan fingerprint density at radius 1 is 1.00 bits per heavy atom. The van der Waals surface area contributed by atoms with Gasteiger partial charge in [-0.1, -0.05) is 48.5 Å². The number of aryl methyl sites for hydroxylation is 1. The fraction of sp³-hybridized carbons (Fsp3) is 0.154. The van der Waals surface area contributed by atoms with Gasteiger partial charge in [-0.3, -0.25) is 4.79 Å². The van der Waals surface area contributed by atoms with Gasteiger partial charge in [-0.05, 0) is 66.0 Å². The Hall–Kier alpha value is -3.64. The summed E-state index contributed by atoms with van der Waals surface area (Å²) in [6.07, 6.45) is 0. The summed E-state index contributed by atoms with van der Waals surface area (Å²) in [6.45, 7) is 2.96. The smallest absolute Gasteiger partial charge is 0.253 e. The van der Waals surface area contributed by atoms with E-state index in [1.54, 1.807) is 7.11 Å². The molecule has 4 rings (SSSR count). The van der Waals surface area contributed by atoms with Gasteiger partial charge in [0.1, 0.15) is 5.75 Å². The fourth-order valence-electron chi connectivity index (χ4n) is 3.63. The van der Waals surface area contributed by atoms with Crippen LogP contribution in [0.2, 0.25) is 0 Å². The summed E-state index contributed by atoms with van der Waals surface area (Å²) in [5, 5.41) is 4.84. The standard InChI is InChI=1S/C26H25N3O2S/c1-18-7-6-10-20-15-21(25(30)28-24(18)20)17-29(16-19-8-4-3-5-9-19)26(32)27-22-11-13-23(31-2)14-12-22/h3-15H,16-17H2,1-2H3,(H,27,32)(H,28,30). The molecule has 1 aromatic heterocycles. The normalized spacial score (nSPS) is 10.7. The number of methoxy groups -OCH3 is 1. The summed E-state index contributed by atoms with van der Waals surface area (Å²) in [7, 11) is 1.64. The van der Waals surface area contributed by atoms with Gasteiger partial charge in [0.15, 0.2) is 5.11 Å². The van der Waals surface area contributed by atoms with Crippen LogP contribution >= 0.6 is 12.2 Å². The summed E-state index contributed by atoms with van der Waals surface area (Å²) in [5.74, 6) is 0.778. The number of nitrogens with zero attached hydrogens (tertiary/aromatic N) is 1. The topological polar surface area (TPSA) is 57.4 Å². The lowest BCUT2D eigenvalue weighted by Crippen LogP contribution is -2.35. The highest BCUT2D eigenvalue weighted by atomic mass is 32.1. The molecular weight excluding hydrogens is 418 g/mol. The minimum Gasteiger partial charge on any atom is -0.497 e. The van der Waals surface area contributed by atoms with Gasteiger partial charge in [0, 0.05) is 17.8 Å². The maximum absolute atomic E-state index is 12.9. The molecule has 0 aliphatic heterocycles. The number of thiocarbonyl (C=S) groups is 1. The Labute approximate surface area is 192 Å². The number of pyridine rings is 1. The molecule has 0 spiro atoms. The maximum Gasteiger partial charge on any atom is 0.253 e. The SMILES string of the molecule is COc1ccc(NC(=S)N(Cc2ccccc2)Cc2cc3cccc(C)c3[nH]c2=O)cc1. The van der Waals surface area contributed by atoms with E-state index < -0.39 is 0 Å². The highest BCUT2D eigenvalue weighted by Gasteiger charge is 2.15. The third-order valence-corrected chi connectivity index (χ3v) is 5.73. The molecule has 0 aliphatic rings. The largest absolute Gasteiger partial charge is 0.497 e. The predicted molar refractivity (Wildman–Crippen MR) is 134 cm³/mol. The Morgan fingerprint density at radius 2 is 1.75 bits per heavy atom. The number of benzene rings is 3. The first-order valence-electron chi connectivity index (χ1n) is 10.4. The average molecular weight is 444 g/mol.